The number of rotatable bonds is 8. The topological polar surface area (TPSA) is 116 Å². The molecule has 1 saturated heterocycles. The molecule has 3 heterocycles. The zero-order valence-corrected chi connectivity index (χ0v) is 20.3. The quantitative estimate of drug-likeness (QED) is 0.491. The van der Waals surface area contributed by atoms with E-state index >= 15 is 4.39 Å². The van der Waals surface area contributed by atoms with Gasteiger partial charge in [-0.1, -0.05) is 36.8 Å². The van der Waals surface area contributed by atoms with Crippen LogP contribution in [0, 0.1) is 17.1 Å². The number of aromatic nitrogens is 3. The molecule has 0 bridgehead atoms. The van der Waals surface area contributed by atoms with Gasteiger partial charge < -0.3 is 21.3 Å². The normalized spacial score (nSPS) is 15.9. The molecule has 0 aliphatic carbocycles. The van der Waals surface area contributed by atoms with Crippen LogP contribution in [0.5, 0.6) is 0 Å². The maximum Gasteiger partial charge on any atom is 0.207 e. The number of nitrogens with two attached hydrogens (primary N) is 1. The number of allylic oxidation sites excluding steroid dienone is 6. The minimum Gasteiger partial charge on any atom is -0.403 e. The number of pyridine rings is 1. The SMILES string of the molecule is C\C=C/C(=C\C(C)=C\CC)c1ncc(CNc2ncnc(N3CCN/C(=C\N)C3)c2F)cc1C#N. The minimum absolute atomic E-state index is 0.0872. The van der Waals surface area contributed by atoms with E-state index in [9.17, 15) is 5.26 Å². The lowest BCUT2D eigenvalue weighted by atomic mass is 10.0. The van der Waals surface area contributed by atoms with E-state index < -0.39 is 5.82 Å². The van der Waals surface area contributed by atoms with Crippen LogP contribution in [0.2, 0.25) is 0 Å². The van der Waals surface area contributed by atoms with Gasteiger partial charge in [0.2, 0.25) is 5.82 Å². The van der Waals surface area contributed by atoms with Crippen molar-refractivity contribution in [3.8, 4) is 6.07 Å². The second-order valence-electron chi connectivity index (χ2n) is 8.06. The number of piperazine rings is 1. The molecule has 0 atom stereocenters. The van der Waals surface area contributed by atoms with Gasteiger partial charge in [0.1, 0.15) is 12.4 Å². The summed E-state index contributed by atoms with van der Waals surface area (Å²) in [6.07, 6.45) is 13.4. The molecule has 3 rings (SSSR count). The van der Waals surface area contributed by atoms with Crippen molar-refractivity contribution in [2.75, 3.05) is 29.9 Å². The van der Waals surface area contributed by atoms with Crippen molar-refractivity contribution < 1.29 is 4.39 Å². The molecule has 1 fully saturated rings. The fourth-order valence-electron chi connectivity index (χ4n) is 3.80. The summed E-state index contributed by atoms with van der Waals surface area (Å²) in [5, 5.41) is 15.9. The predicted octanol–water partition coefficient (Wildman–Crippen LogP) is 4.02. The van der Waals surface area contributed by atoms with Crippen LogP contribution in [0.3, 0.4) is 0 Å². The molecule has 0 amide bonds. The summed E-state index contributed by atoms with van der Waals surface area (Å²) < 4.78 is 15.2. The highest BCUT2D eigenvalue weighted by Crippen LogP contribution is 2.24. The van der Waals surface area contributed by atoms with Crippen LogP contribution >= 0.6 is 0 Å². The van der Waals surface area contributed by atoms with Crippen molar-refractivity contribution in [3.05, 3.63) is 83.0 Å². The first-order chi connectivity index (χ1) is 17.0. The predicted molar refractivity (Wildman–Crippen MR) is 138 cm³/mol. The number of anilines is 2. The fraction of sp³-hybridized carbons (Fsp3) is 0.308. The Morgan fingerprint density at radius 3 is 2.91 bits per heavy atom. The Kier molecular flexibility index (Phi) is 8.95. The molecule has 182 valence electrons. The Labute approximate surface area is 205 Å². The number of hydrogen-bond donors (Lipinski definition) is 3. The minimum atomic E-state index is -0.535. The van der Waals surface area contributed by atoms with E-state index in [2.05, 4.69) is 44.7 Å². The fourth-order valence-corrected chi connectivity index (χ4v) is 3.80. The standard InChI is InChI=1S/C26H31FN8/c1-4-6-18(3)10-20(7-5-2)24-21(12-28)11-19(14-31-24)15-32-25-23(27)26(34-17-33-25)35-9-8-30-22(13-29)16-35/h5-7,10-11,13-14,17,30H,4,8-9,15-16,29H2,1-3H3,(H,32,33,34)/b7-5-,18-6+,20-10+,22-13-. The van der Waals surface area contributed by atoms with E-state index in [-0.39, 0.29) is 18.2 Å². The zero-order chi connectivity index (χ0) is 25.2. The first-order valence-electron chi connectivity index (χ1n) is 11.5. The molecule has 0 radical (unpaired) electrons. The highest BCUT2D eigenvalue weighted by molar-refractivity contribution is 5.77. The van der Waals surface area contributed by atoms with Gasteiger partial charge in [0.25, 0.3) is 0 Å². The number of nitriles is 1. The van der Waals surface area contributed by atoms with Crippen molar-refractivity contribution in [2.24, 2.45) is 5.73 Å². The van der Waals surface area contributed by atoms with E-state index in [1.54, 1.807) is 12.3 Å². The molecule has 0 aromatic carbocycles. The van der Waals surface area contributed by atoms with Crippen LogP contribution in [0.25, 0.3) is 5.57 Å². The van der Waals surface area contributed by atoms with Crippen LogP contribution in [-0.2, 0) is 6.54 Å². The summed E-state index contributed by atoms with van der Waals surface area (Å²) >= 11 is 0. The summed E-state index contributed by atoms with van der Waals surface area (Å²) in [6.45, 7) is 7.95. The molecule has 8 nitrogen and oxygen atoms in total. The van der Waals surface area contributed by atoms with E-state index in [4.69, 9.17) is 5.73 Å². The van der Waals surface area contributed by atoms with Gasteiger partial charge in [-0.15, -0.1) is 0 Å². The highest BCUT2D eigenvalue weighted by Gasteiger charge is 2.21. The molecule has 9 heteroatoms. The first-order valence-corrected chi connectivity index (χ1v) is 11.5. The van der Waals surface area contributed by atoms with Gasteiger partial charge in [-0.25, -0.2) is 9.97 Å². The molecule has 35 heavy (non-hydrogen) atoms. The lowest BCUT2D eigenvalue weighted by molar-refractivity contribution is 0.588. The molecule has 1 aliphatic heterocycles. The Hall–Kier alpha value is -4.19. The third kappa shape index (κ3) is 6.44. The van der Waals surface area contributed by atoms with Gasteiger partial charge in [-0.2, -0.15) is 9.65 Å². The summed E-state index contributed by atoms with van der Waals surface area (Å²) in [7, 11) is 0. The third-order valence-corrected chi connectivity index (χ3v) is 5.42. The lowest BCUT2D eigenvalue weighted by Gasteiger charge is -2.30. The zero-order valence-electron chi connectivity index (χ0n) is 20.3. The maximum atomic E-state index is 15.2. The Bertz CT molecular complexity index is 1210. The van der Waals surface area contributed by atoms with E-state index in [1.165, 1.54) is 12.5 Å². The second kappa shape index (κ2) is 12.3. The summed E-state index contributed by atoms with van der Waals surface area (Å²) in [6, 6.07) is 4.00. The summed E-state index contributed by atoms with van der Waals surface area (Å²) in [5.41, 5.74) is 10.2. The van der Waals surface area contributed by atoms with Crippen molar-refractivity contribution >= 4 is 17.2 Å². The monoisotopic (exact) mass is 474 g/mol. The lowest BCUT2D eigenvalue weighted by Crippen LogP contribution is -2.43. The average molecular weight is 475 g/mol. The third-order valence-electron chi connectivity index (χ3n) is 5.42. The summed E-state index contributed by atoms with van der Waals surface area (Å²) in [4.78, 5) is 14.6. The Morgan fingerprint density at radius 2 is 2.20 bits per heavy atom. The molecule has 1 aliphatic rings. The van der Waals surface area contributed by atoms with Crippen LogP contribution < -0.4 is 21.3 Å². The first kappa shape index (κ1) is 25.4. The molecular weight excluding hydrogens is 443 g/mol. The van der Waals surface area contributed by atoms with Crippen LogP contribution in [0.4, 0.5) is 16.0 Å². The Balaban J connectivity index is 1.81. The van der Waals surface area contributed by atoms with Crippen LogP contribution in [0.15, 0.2) is 60.4 Å². The Morgan fingerprint density at radius 1 is 1.37 bits per heavy atom. The summed E-state index contributed by atoms with van der Waals surface area (Å²) in [5.74, 6) is -0.234. The van der Waals surface area contributed by atoms with E-state index in [1.807, 2.05) is 37.0 Å². The van der Waals surface area contributed by atoms with Crippen molar-refractivity contribution in [3.63, 3.8) is 0 Å². The van der Waals surface area contributed by atoms with Gasteiger partial charge >= 0.3 is 0 Å². The van der Waals surface area contributed by atoms with Crippen LogP contribution in [-0.4, -0.2) is 34.6 Å². The van der Waals surface area contributed by atoms with Gasteiger partial charge in [0, 0.05) is 43.3 Å². The maximum absolute atomic E-state index is 15.2. The number of hydrogen-bond acceptors (Lipinski definition) is 8. The number of nitrogens with zero attached hydrogens (tertiary/aromatic N) is 5. The molecule has 2 aromatic heterocycles. The van der Waals surface area contributed by atoms with E-state index in [0.717, 1.165) is 28.8 Å². The number of nitrogens with one attached hydrogen (secondary N) is 2. The highest BCUT2D eigenvalue weighted by atomic mass is 19.1. The van der Waals surface area contributed by atoms with Crippen LogP contribution in [0.1, 0.15) is 44.0 Å². The van der Waals surface area contributed by atoms with E-state index in [0.29, 0.717) is 30.9 Å². The largest absolute Gasteiger partial charge is 0.403 e. The molecule has 0 unspecified atom stereocenters. The van der Waals surface area contributed by atoms with Crippen molar-refractivity contribution in [1.29, 1.82) is 5.26 Å². The molecule has 0 saturated carbocycles. The van der Waals surface area contributed by atoms with Gasteiger partial charge in [-0.05, 0) is 31.9 Å². The van der Waals surface area contributed by atoms with Gasteiger partial charge in [0.15, 0.2) is 11.6 Å². The van der Waals surface area contributed by atoms with Gasteiger partial charge in [0.05, 0.1) is 17.8 Å². The average Bonchev–Trinajstić information content (AvgIpc) is 2.88. The number of halogens is 1. The molecule has 4 N–H and O–H groups in total. The molecule has 0 spiro atoms. The van der Waals surface area contributed by atoms with Gasteiger partial charge in [-0.3, -0.25) is 4.98 Å². The molecular formula is C26H31FN8. The smallest absolute Gasteiger partial charge is 0.207 e. The molecule has 2 aromatic rings. The van der Waals surface area contributed by atoms with Crippen molar-refractivity contribution in [1.82, 2.24) is 20.3 Å². The second-order valence-corrected chi connectivity index (χ2v) is 8.06. The van der Waals surface area contributed by atoms with Crippen molar-refractivity contribution in [2.45, 2.75) is 33.7 Å².